The first-order chi connectivity index (χ1) is 13.5. The first-order valence-electron chi connectivity index (χ1n) is 9.07. The zero-order valence-corrected chi connectivity index (χ0v) is 17.6. The summed E-state index contributed by atoms with van der Waals surface area (Å²) in [6.45, 7) is 4.17. The van der Waals surface area contributed by atoms with E-state index in [0.717, 1.165) is 16.7 Å². The Balaban J connectivity index is 2.33. The van der Waals surface area contributed by atoms with E-state index < -0.39 is 10.8 Å². The van der Waals surface area contributed by atoms with Gasteiger partial charge < -0.3 is 14.4 Å². The second-order valence-electron chi connectivity index (χ2n) is 6.26. The van der Waals surface area contributed by atoms with E-state index in [-0.39, 0.29) is 11.7 Å². The van der Waals surface area contributed by atoms with Crippen molar-refractivity contribution < 1.29 is 18.5 Å². The second-order valence-corrected chi connectivity index (χ2v) is 8.01. The zero-order valence-electron chi connectivity index (χ0n) is 16.8. The van der Waals surface area contributed by atoms with Crippen LogP contribution in [0.1, 0.15) is 25.0 Å². The third-order valence-electron chi connectivity index (χ3n) is 4.31. The molecule has 0 saturated heterocycles. The molecular formula is C22H27NO4S. The lowest BCUT2D eigenvalue weighted by atomic mass is 10.1. The molecule has 2 rings (SSSR count). The first-order valence-corrected chi connectivity index (χ1v) is 10.6. The quantitative estimate of drug-likeness (QED) is 0.640. The lowest BCUT2D eigenvalue weighted by Gasteiger charge is -2.20. The maximum atomic E-state index is 12.8. The molecule has 0 radical (unpaired) electrons. The summed E-state index contributed by atoms with van der Waals surface area (Å²) in [5.41, 5.74) is 2.82. The fraction of sp³-hybridized carbons (Fsp3) is 0.318. The van der Waals surface area contributed by atoms with Gasteiger partial charge in [0, 0.05) is 22.8 Å². The summed E-state index contributed by atoms with van der Waals surface area (Å²) >= 11 is 0. The van der Waals surface area contributed by atoms with Crippen molar-refractivity contribution in [1.29, 1.82) is 0 Å². The average Bonchev–Trinajstić information content (AvgIpc) is 2.73. The summed E-state index contributed by atoms with van der Waals surface area (Å²) in [7, 11) is 2.02. The van der Waals surface area contributed by atoms with Gasteiger partial charge in [0.1, 0.15) is 5.75 Å². The van der Waals surface area contributed by atoms with Crippen LogP contribution in [0.15, 0.2) is 54.7 Å². The molecule has 150 valence electrons. The van der Waals surface area contributed by atoms with Crippen molar-refractivity contribution in [1.82, 2.24) is 4.90 Å². The highest BCUT2D eigenvalue weighted by Crippen LogP contribution is 2.30. The molecule has 0 heterocycles. The maximum Gasteiger partial charge on any atom is 0.239 e. The lowest BCUT2D eigenvalue weighted by molar-refractivity contribution is -0.126. The van der Waals surface area contributed by atoms with Crippen LogP contribution in [0.25, 0.3) is 5.57 Å². The molecule has 2 aromatic rings. The Bertz CT molecular complexity index is 849. The number of methoxy groups -OCH3 is 2. The summed E-state index contributed by atoms with van der Waals surface area (Å²) in [6.07, 6.45) is 1.81. The third kappa shape index (κ3) is 5.96. The van der Waals surface area contributed by atoms with Crippen molar-refractivity contribution >= 4 is 22.3 Å². The van der Waals surface area contributed by atoms with E-state index in [9.17, 15) is 9.00 Å². The minimum Gasteiger partial charge on any atom is -0.493 e. The smallest absolute Gasteiger partial charge is 0.239 e. The topological polar surface area (TPSA) is 55.8 Å². The predicted molar refractivity (Wildman–Crippen MR) is 114 cm³/mol. The highest BCUT2D eigenvalue weighted by Gasteiger charge is 2.16. The Labute approximate surface area is 169 Å². The molecule has 0 spiro atoms. The molecule has 2 aromatic carbocycles. The highest BCUT2D eigenvalue weighted by atomic mass is 32.2. The maximum absolute atomic E-state index is 12.8. The van der Waals surface area contributed by atoms with Crippen LogP contribution < -0.4 is 9.47 Å². The summed E-state index contributed by atoms with van der Waals surface area (Å²) < 4.78 is 22.6. The summed E-state index contributed by atoms with van der Waals surface area (Å²) in [4.78, 5) is 14.4. The zero-order chi connectivity index (χ0) is 20.5. The monoisotopic (exact) mass is 401 g/mol. The fourth-order valence-corrected chi connectivity index (χ4v) is 3.34. The average molecular weight is 402 g/mol. The van der Waals surface area contributed by atoms with Crippen molar-refractivity contribution in [3.63, 3.8) is 0 Å². The number of allylic oxidation sites excluding steroid dienone is 1. The number of amides is 1. The molecule has 1 amide bonds. The van der Waals surface area contributed by atoms with Gasteiger partial charge in [0.2, 0.25) is 5.91 Å². The van der Waals surface area contributed by atoms with Crippen molar-refractivity contribution in [2.75, 3.05) is 25.7 Å². The number of carbonyl (C=O) groups excluding carboxylic acids is 1. The molecule has 0 N–H and O–H groups in total. The van der Waals surface area contributed by atoms with E-state index in [0.29, 0.717) is 23.8 Å². The predicted octanol–water partition coefficient (Wildman–Crippen LogP) is 3.86. The van der Waals surface area contributed by atoms with E-state index in [4.69, 9.17) is 9.47 Å². The Morgan fingerprint density at radius 3 is 2.36 bits per heavy atom. The fourth-order valence-electron chi connectivity index (χ4n) is 2.70. The van der Waals surface area contributed by atoms with Gasteiger partial charge in [0.25, 0.3) is 0 Å². The van der Waals surface area contributed by atoms with E-state index in [1.165, 1.54) is 0 Å². The largest absolute Gasteiger partial charge is 0.493 e. The van der Waals surface area contributed by atoms with Crippen molar-refractivity contribution in [2.24, 2.45) is 0 Å². The van der Waals surface area contributed by atoms with Gasteiger partial charge >= 0.3 is 0 Å². The van der Waals surface area contributed by atoms with Crippen LogP contribution in [0, 0.1) is 0 Å². The Kier molecular flexibility index (Phi) is 8.26. The van der Waals surface area contributed by atoms with Crippen LogP contribution >= 0.6 is 0 Å². The summed E-state index contributed by atoms with van der Waals surface area (Å²) in [5.74, 6) is 1.58. The number of nitrogens with zero attached hydrogens (tertiary/aromatic N) is 1. The van der Waals surface area contributed by atoms with Gasteiger partial charge in [-0.25, -0.2) is 0 Å². The number of hydrogen-bond donors (Lipinski definition) is 0. The number of ether oxygens (including phenoxy) is 2. The minimum absolute atomic E-state index is 0.0129. The molecule has 0 bridgehead atoms. The van der Waals surface area contributed by atoms with Gasteiger partial charge in [-0.15, -0.1) is 0 Å². The third-order valence-corrected chi connectivity index (χ3v) is 5.52. The number of carbonyl (C=O) groups is 1. The molecule has 0 saturated carbocycles. The molecule has 0 aliphatic carbocycles. The molecule has 0 aliphatic heterocycles. The van der Waals surface area contributed by atoms with Gasteiger partial charge in [0.05, 0.1) is 20.8 Å². The Hall–Kier alpha value is -2.60. The van der Waals surface area contributed by atoms with Crippen LogP contribution in [0.3, 0.4) is 0 Å². The number of rotatable bonds is 9. The van der Waals surface area contributed by atoms with Crippen LogP contribution in [0.2, 0.25) is 0 Å². The van der Waals surface area contributed by atoms with E-state index in [1.807, 2.05) is 68.6 Å². The van der Waals surface area contributed by atoms with Crippen molar-refractivity contribution in [3.05, 3.63) is 65.9 Å². The van der Waals surface area contributed by atoms with Gasteiger partial charge in [-0.05, 0) is 35.8 Å². The lowest BCUT2D eigenvalue weighted by Crippen LogP contribution is -2.30. The van der Waals surface area contributed by atoms with Crippen LogP contribution in [-0.2, 0) is 22.1 Å². The van der Waals surface area contributed by atoms with E-state index >= 15 is 0 Å². The minimum atomic E-state index is -1.16. The molecule has 5 nitrogen and oxygen atoms in total. The SMILES string of the molecule is CCS(=O)CC(=O)N(/C=C(/C)c1ccc(OC)c(OC)c1)Cc1ccccc1. The number of hydrogen-bond acceptors (Lipinski definition) is 4. The van der Waals surface area contributed by atoms with Gasteiger partial charge in [0.15, 0.2) is 11.5 Å². The van der Waals surface area contributed by atoms with Crippen molar-refractivity contribution in [3.8, 4) is 11.5 Å². The van der Waals surface area contributed by atoms with Crippen molar-refractivity contribution in [2.45, 2.75) is 20.4 Å². The Morgan fingerprint density at radius 1 is 1.07 bits per heavy atom. The highest BCUT2D eigenvalue weighted by molar-refractivity contribution is 7.85. The van der Waals surface area contributed by atoms with Gasteiger partial charge in [-0.1, -0.05) is 43.3 Å². The van der Waals surface area contributed by atoms with Crippen LogP contribution in [0.5, 0.6) is 11.5 Å². The molecule has 0 aliphatic rings. The van der Waals surface area contributed by atoms with Gasteiger partial charge in [-0.3, -0.25) is 9.00 Å². The summed E-state index contributed by atoms with van der Waals surface area (Å²) in [6, 6.07) is 15.4. The second kappa shape index (κ2) is 10.7. The standard InChI is InChI=1S/C22H27NO4S/c1-5-28(25)16-22(24)23(15-18-9-7-6-8-10-18)14-17(2)19-11-12-20(26-3)21(13-19)27-4/h6-14H,5,15-16H2,1-4H3/b17-14-. The molecule has 28 heavy (non-hydrogen) atoms. The van der Waals surface area contributed by atoms with Gasteiger partial charge in [-0.2, -0.15) is 0 Å². The molecule has 1 atom stereocenters. The molecular weight excluding hydrogens is 374 g/mol. The Morgan fingerprint density at radius 2 is 1.75 bits per heavy atom. The van der Waals surface area contributed by atoms with Crippen LogP contribution in [0.4, 0.5) is 0 Å². The van der Waals surface area contributed by atoms with Crippen LogP contribution in [-0.4, -0.2) is 40.7 Å². The van der Waals surface area contributed by atoms with E-state index in [1.54, 1.807) is 19.1 Å². The first kappa shape index (κ1) is 21.7. The number of benzene rings is 2. The normalized spacial score (nSPS) is 12.4. The molecule has 1 unspecified atom stereocenters. The molecule has 6 heteroatoms. The molecule has 0 aromatic heterocycles. The van der Waals surface area contributed by atoms with E-state index in [2.05, 4.69) is 0 Å². The molecule has 0 fully saturated rings. The summed E-state index contributed by atoms with van der Waals surface area (Å²) in [5, 5.41) is 0.